The van der Waals surface area contributed by atoms with Crippen LogP contribution in [0, 0.1) is 11.7 Å². The molecule has 0 aromatic heterocycles. The van der Waals surface area contributed by atoms with Crippen LogP contribution in [0.5, 0.6) is 0 Å². The lowest BCUT2D eigenvalue weighted by molar-refractivity contribution is 0.167. The van der Waals surface area contributed by atoms with Gasteiger partial charge < -0.3 is 15.7 Å². The quantitative estimate of drug-likeness (QED) is 0.799. The van der Waals surface area contributed by atoms with Crippen molar-refractivity contribution in [3.05, 3.63) is 35.6 Å². The molecular formula is C16H23FN2O2. The zero-order chi connectivity index (χ0) is 15.2. The van der Waals surface area contributed by atoms with E-state index in [1.54, 1.807) is 12.1 Å². The highest BCUT2D eigenvalue weighted by molar-refractivity contribution is 5.74. The maximum atomic E-state index is 13.5. The van der Waals surface area contributed by atoms with E-state index >= 15 is 0 Å². The Kier molecular flexibility index (Phi) is 5.56. The summed E-state index contributed by atoms with van der Waals surface area (Å²) in [5.41, 5.74) is 0.198. The molecule has 1 fully saturated rings. The van der Waals surface area contributed by atoms with E-state index in [2.05, 4.69) is 17.6 Å². The Morgan fingerprint density at radius 2 is 2.19 bits per heavy atom. The van der Waals surface area contributed by atoms with Crippen molar-refractivity contribution in [1.82, 2.24) is 10.6 Å². The van der Waals surface area contributed by atoms with Crippen LogP contribution < -0.4 is 10.6 Å². The van der Waals surface area contributed by atoms with Crippen molar-refractivity contribution in [3.63, 3.8) is 0 Å². The number of carbonyl (C=O) groups is 1. The third-order valence-electron chi connectivity index (χ3n) is 3.99. The van der Waals surface area contributed by atoms with Crippen LogP contribution in [0.15, 0.2) is 24.3 Å². The Morgan fingerprint density at radius 3 is 2.90 bits per heavy atom. The predicted octanol–water partition coefficient (Wildman–Crippen LogP) is 2.74. The fourth-order valence-electron chi connectivity index (χ4n) is 2.85. The minimum Gasteiger partial charge on any atom is -0.386 e. The van der Waals surface area contributed by atoms with Gasteiger partial charge >= 0.3 is 6.03 Å². The molecule has 1 aromatic rings. The number of aliphatic hydroxyl groups excluding tert-OH is 1. The van der Waals surface area contributed by atoms with Gasteiger partial charge in [-0.1, -0.05) is 38.0 Å². The molecule has 0 saturated heterocycles. The summed E-state index contributed by atoms with van der Waals surface area (Å²) in [5.74, 6) is 0.168. The van der Waals surface area contributed by atoms with Crippen molar-refractivity contribution in [2.75, 3.05) is 6.54 Å². The molecule has 0 radical (unpaired) electrons. The number of urea groups is 1. The molecule has 3 atom stereocenters. The summed E-state index contributed by atoms with van der Waals surface area (Å²) in [6.45, 7) is 2.18. The molecule has 1 aliphatic carbocycles. The highest BCUT2D eigenvalue weighted by atomic mass is 19.1. The number of aliphatic hydroxyl groups is 1. The Hall–Kier alpha value is -1.62. The molecule has 116 valence electrons. The topological polar surface area (TPSA) is 61.4 Å². The second-order valence-electron chi connectivity index (χ2n) is 5.86. The van der Waals surface area contributed by atoms with Crippen LogP contribution in [0.1, 0.15) is 44.3 Å². The minimum atomic E-state index is -1.04. The predicted molar refractivity (Wildman–Crippen MR) is 79.3 cm³/mol. The summed E-state index contributed by atoms with van der Waals surface area (Å²) in [4.78, 5) is 11.8. The van der Waals surface area contributed by atoms with E-state index in [4.69, 9.17) is 0 Å². The number of rotatable bonds is 4. The lowest BCUT2D eigenvalue weighted by Gasteiger charge is -2.27. The van der Waals surface area contributed by atoms with Crippen LogP contribution in [0.2, 0.25) is 0 Å². The lowest BCUT2D eigenvalue weighted by atomic mass is 9.87. The number of benzene rings is 1. The first kappa shape index (κ1) is 15.8. The van der Waals surface area contributed by atoms with Crippen molar-refractivity contribution in [1.29, 1.82) is 0 Å². The van der Waals surface area contributed by atoms with Crippen LogP contribution in [-0.4, -0.2) is 23.7 Å². The summed E-state index contributed by atoms with van der Waals surface area (Å²) < 4.78 is 13.5. The average molecular weight is 294 g/mol. The number of hydrogen-bond acceptors (Lipinski definition) is 2. The maximum absolute atomic E-state index is 13.5. The Morgan fingerprint density at radius 1 is 1.43 bits per heavy atom. The van der Waals surface area contributed by atoms with E-state index in [0.717, 1.165) is 19.3 Å². The first-order chi connectivity index (χ1) is 10.1. The normalized spacial score (nSPS) is 23.4. The molecule has 0 spiro atoms. The molecule has 0 aliphatic heterocycles. The Balaban J connectivity index is 1.77. The van der Waals surface area contributed by atoms with Crippen molar-refractivity contribution in [2.24, 2.45) is 5.92 Å². The van der Waals surface area contributed by atoms with Crippen molar-refractivity contribution in [2.45, 2.75) is 44.8 Å². The van der Waals surface area contributed by atoms with E-state index in [1.807, 2.05) is 0 Å². The Bertz CT molecular complexity index is 481. The number of amides is 2. The number of nitrogens with one attached hydrogen (secondary N) is 2. The standard InChI is InChI=1S/C16H23FN2O2/c1-11-5-4-6-12(9-11)19-16(21)18-10-15(20)13-7-2-3-8-14(13)17/h2-3,7-8,11-12,15,20H,4-6,9-10H2,1H3,(H2,18,19,21). The van der Waals surface area contributed by atoms with Gasteiger partial charge in [-0.2, -0.15) is 0 Å². The fourth-order valence-corrected chi connectivity index (χ4v) is 2.85. The molecule has 0 bridgehead atoms. The summed E-state index contributed by atoms with van der Waals surface area (Å²) >= 11 is 0. The lowest BCUT2D eigenvalue weighted by Crippen LogP contribution is -2.45. The van der Waals surface area contributed by atoms with E-state index in [9.17, 15) is 14.3 Å². The first-order valence-corrected chi connectivity index (χ1v) is 7.53. The van der Waals surface area contributed by atoms with Gasteiger partial charge in [-0.3, -0.25) is 0 Å². The summed E-state index contributed by atoms with van der Waals surface area (Å²) in [6, 6.07) is 5.93. The molecule has 3 unspecified atom stereocenters. The Labute approximate surface area is 124 Å². The molecule has 5 heteroatoms. The monoisotopic (exact) mass is 294 g/mol. The van der Waals surface area contributed by atoms with Gasteiger partial charge in [-0.05, 0) is 24.8 Å². The second-order valence-corrected chi connectivity index (χ2v) is 5.86. The molecule has 2 rings (SSSR count). The minimum absolute atomic E-state index is 0.00492. The van der Waals surface area contributed by atoms with Crippen molar-refractivity contribution >= 4 is 6.03 Å². The van der Waals surface area contributed by atoms with Gasteiger partial charge in [-0.15, -0.1) is 0 Å². The maximum Gasteiger partial charge on any atom is 0.315 e. The molecule has 21 heavy (non-hydrogen) atoms. The summed E-state index contributed by atoms with van der Waals surface area (Å²) in [5, 5.41) is 15.4. The van der Waals surface area contributed by atoms with E-state index in [-0.39, 0.29) is 24.2 Å². The van der Waals surface area contributed by atoms with Crippen LogP contribution in [-0.2, 0) is 0 Å². The largest absolute Gasteiger partial charge is 0.386 e. The van der Waals surface area contributed by atoms with E-state index in [0.29, 0.717) is 5.92 Å². The zero-order valence-corrected chi connectivity index (χ0v) is 12.3. The summed E-state index contributed by atoms with van der Waals surface area (Å²) in [6.07, 6.45) is 3.29. The zero-order valence-electron chi connectivity index (χ0n) is 12.3. The number of halogens is 1. The molecule has 1 aromatic carbocycles. The first-order valence-electron chi connectivity index (χ1n) is 7.53. The molecule has 2 amide bonds. The molecule has 4 nitrogen and oxygen atoms in total. The fraction of sp³-hybridized carbons (Fsp3) is 0.562. The third kappa shape index (κ3) is 4.70. The molecule has 1 saturated carbocycles. The van der Waals surface area contributed by atoms with Crippen LogP contribution in [0.25, 0.3) is 0 Å². The van der Waals surface area contributed by atoms with Gasteiger partial charge in [0.15, 0.2) is 0 Å². The van der Waals surface area contributed by atoms with Gasteiger partial charge in [0.1, 0.15) is 5.82 Å². The highest BCUT2D eigenvalue weighted by Crippen LogP contribution is 2.23. The SMILES string of the molecule is CC1CCCC(NC(=O)NCC(O)c2ccccc2F)C1. The van der Waals surface area contributed by atoms with Gasteiger partial charge in [0.05, 0.1) is 6.10 Å². The molecule has 1 aliphatic rings. The van der Waals surface area contributed by atoms with Crippen LogP contribution in [0.4, 0.5) is 9.18 Å². The van der Waals surface area contributed by atoms with Crippen LogP contribution in [0.3, 0.4) is 0 Å². The highest BCUT2D eigenvalue weighted by Gasteiger charge is 2.20. The van der Waals surface area contributed by atoms with Crippen LogP contribution >= 0.6 is 0 Å². The summed E-state index contributed by atoms with van der Waals surface area (Å²) in [7, 11) is 0. The van der Waals surface area contributed by atoms with Crippen molar-refractivity contribution < 1.29 is 14.3 Å². The van der Waals surface area contributed by atoms with E-state index < -0.39 is 11.9 Å². The second kappa shape index (κ2) is 7.41. The van der Waals surface area contributed by atoms with Gasteiger partial charge in [0.25, 0.3) is 0 Å². The molecular weight excluding hydrogens is 271 g/mol. The molecule has 0 heterocycles. The number of carbonyl (C=O) groups excluding carboxylic acids is 1. The van der Waals surface area contributed by atoms with Crippen molar-refractivity contribution in [3.8, 4) is 0 Å². The van der Waals surface area contributed by atoms with Gasteiger partial charge in [0.2, 0.25) is 0 Å². The van der Waals surface area contributed by atoms with Gasteiger partial charge in [0, 0.05) is 18.2 Å². The third-order valence-corrected chi connectivity index (χ3v) is 3.99. The molecule has 3 N–H and O–H groups in total. The number of hydrogen-bond donors (Lipinski definition) is 3. The average Bonchev–Trinajstić information content (AvgIpc) is 2.45. The smallest absolute Gasteiger partial charge is 0.315 e. The van der Waals surface area contributed by atoms with Gasteiger partial charge in [-0.25, -0.2) is 9.18 Å². The van der Waals surface area contributed by atoms with E-state index in [1.165, 1.54) is 18.6 Å².